The summed E-state index contributed by atoms with van der Waals surface area (Å²) in [6, 6.07) is 15.8. The van der Waals surface area contributed by atoms with E-state index in [0.29, 0.717) is 21.9 Å². The number of piperidine rings is 2. The van der Waals surface area contributed by atoms with Crippen molar-refractivity contribution in [1.29, 1.82) is 0 Å². The van der Waals surface area contributed by atoms with Gasteiger partial charge in [0.25, 0.3) is 0 Å². The lowest BCUT2D eigenvalue weighted by Crippen LogP contribution is -2.54. The molecule has 4 aliphatic heterocycles. The van der Waals surface area contributed by atoms with Crippen molar-refractivity contribution in [2.75, 3.05) is 49.7 Å². The Labute approximate surface area is 363 Å². The molecule has 0 unspecified atom stereocenters. The molecule has 21 heteroatoms. The number of rotatable bonds is 2. The summed E-state index contributed by atoms with van der Waals surface area (Å²) in [6.07, 6.45) is 3.05. The molecule has 0 aliphatic carbocycles. The van der Waals surface area contributed by atoms with Gasteiger partial charge in [0.2, 0.25) is 19.9 Å². The molecule has 2 spiro atoms. The molecule has 14 nitrogen and oxygen atoms in total. The number of aromatic nitrogens is 4. The number of amides is 1. The van der Waals surface area contributed by atoms with E-state index in [2.05, 4.69) is 42.0 Å². The zero-order valence-electron chi connectivity index (χ0n) is 30.8. The van der Waals surface area contributed by atoms with Gasteiger partial charge in [-0.15, -0.1) is 69.2 Å². The SMILES string of the molecule is CC(C)(C)OC(=O)N[C@@H]1c2ccccc2OC12CCN(c1nnc(N)s1)CC2.CF.Cl.Cl.I.N[C@@H]1c2ccccc2OC12CCNCC2.Nc1nnc(Cl)s1. The van der Waals surface area contributed by atoms with E-state index in [0.717, 1.165) is 85.4 Å². The summed E-state index contributed by atoms with van der Waals surface area (Å²) in [5, 5.41) is 23.0. The summed E-state index contributed by atoms with van der Waals surface area (Å²) in [6.45, 7) is 9.06. The molecule has 2 fully saturated rings. The second kappa shape index (κ2) is 21.2. The topological polar surface area (TPSA) is 202 Å². The van der Waals surface area contributed by atoms with Crippen molar-refractivity contribution in [3.63, 3.8) is 0 Å². The molecule has 2 aromatic heterocycles. The first-order chi connectivity index (χ1) is 24.9. The number of anilines is 3. The summed E-state index contributed by atoms with van der Waals surface area (Å²) < 4.78 is 27.9. The number of nitrogen functional groups attached to an aromatic ring is 2. The number of alkyl carbamates (subject to hydrolysis) is 1. The van der Waals surface area contributed by atoms with Crippen molar-refractivity contribution >= 4 is 105 Å². The van der Waals surface area contributed by atoms with Crippen LogP contribution in [0.1, 0.15) is 69.7 Å². The fourth-order valence-electron chi connectivity index (χ4n) is 6.70. The number of hydrogen-bond donors (Lipinski definition) is 5. The van der Waals surface area contributed by atoms with Crippen LogP contribution in [0.5, 0.6) is 11.5 Å². The van der Waals surface area contributed by atoms with Gasteiger partial charge >= 0.3 is 6.09 Å². The number of carbonyl (C=O) groups is 1. The molecule has 0 radical (unpaired) electrons. The lowest BCUT2D eigenvalue weighted by Gasteiger charge is -2.42. The molecule has 6 heterocycles. The van der Waals surface area contributed by atoms with Gasteiger partial charge in [-0.3, -0.25) is 4.39 Å². The fraction of sp³-hybridized carbons (Fsp3) is 0.500. The Morgan fingerprint density at radius 1 is 0.891 bits per heavy atom. The maximum absolute atomic E-state index is 12.5. The number of ether oxygens (including phenoxy) is 3. The number of halogens is 5. The molecule has 2 saturated heterocycles. The largest absolute Gasteiger partial charge is 0.485 e. The maximum atomic E-state index is 12.5. The molecule has 4 aromatic rings. The van der Waals surface area contributed by atoms with Gasteiger partial charge in [0, 0.05) is 49.9 Å². The van der Waals surface area contributed by atoms with Crippen molar-refractivity contribution in [3.05, 3.63) is 64.1 Å². The first-order valence-electron chi connectivity index (χ1n) is 16.8. The van der Waals surface area contributed by atoms with Crippen molar-refractivity contribution < 1.29 is 23.4 Å². The van der Waals surface area contributed by atoms with E-state index < -0.39 is 17.3 Å². The Kier molecular flexibility index (Phi) is 18.6. The molecule has 8 N–H and O–H groups in total. The van der Waals surface area contributed by atoms with Gasteiger partial charge in [-0.25, -0.2) is 4.79 Å². The highest BCUT2D eigenvalue weighted by molar-refractivity contribution is 14.0. The zero-order chi connectivity index (χ0) is 37.5. The van der Waals surface area contributed by atoms with Crippen LogP contribution in [0.25, 0.3) is 0 Å². The Bertz CT molecular complexity index is 1780. The zero-order valence-corrected chi connectivity index (χ0v) is 37.2. The van der Waals surface area contributed by atoms with Gasteiger partial charge in [0.05, 0.1) is 13.2 Å². The highest BCUT2D eigenvalue weighted by atomic mass is 127. The van der Waals surface area contributed by atoms with E-state index in [-0.39, 0.29) is 66.5 Å². The van der Waals surface area contributed by atoms with Gasteiger partial charge < -0.3 is 46.9 Å². The fourth-order valence-corrected chi connectivity index (χ4v) is 7.98. The number of carbonyl (C=O) groups excluding carboxylic acids is 1. The van der Waals surface area contributed by atoms with Crippen LogP contribution in [-0.4, -0.2) is 76.6 Å². The Morgan fingerprint density at radius 3 is 1.91 bits per heavy atom. The van der Waals surface area contributed by atoms with Crippen LogP contribution < -0.4 is 42.2 Å². The molecule has 2 atom stereocenters. The standard InChI is InChI=1S/C19H25N5O3S.C12H16N2O.C2H2ClN3S.CH3F.2ClH.HI/c1-18(2,3)27-17(25)21-14-12-6-4-5-7-13(12)26-19(14)8-10-24(11-9-19)16-23-22-15(20)28-16;13-11-9-3-1-2-4-10(9)15-12(11)5-7-14-8-6-12;3-1-5-6-2(4)7-1;1-2;;;/h4-7,14H,8-11H2,1-3H3,(H2,20,22)(H,21,25);1-4,11,14H,5-8,13H2;(H2,4,6);1H3;3*1H/t14-;11-;;;;;/m11...../s1. The van der Waals surface area contributed by atoms with Crippen LogP contribution in [-0.2, 0) is 4.74 Å². The average Bonchev–Trinajstić information content (AvgIpc) is 3.87. The van der Waals surface area contributed by atoms with Crippen LogP contribution in [0.2, 0.25) is 4.47 Å². The van der Waals surface area contributed by atoms with Crippen molar-refractivity contribution in [3.8, 4) is 11.5 Å². The summed E-state index contributed by atoms with van der Waals surface area (Å²) in [5.74, 6) is 1.80. The third-order valence-corrected chi connectivity index (χ3v) is 10.7. The van der Waals surface area contributed by atoms with Gasteiger partial charge in [0.15, 0.2) is 0 Å². The van der Waals surface area contributed by atoms with E-state index in [1.165, 1.54) is 16.9 Å². The Hall–Kier alpha value is -2.72. The normalized spacial score (nSPS) is 19.2. The summed E-state index contributed by atoms with van der Waals surface area (Å²) >= 11 is 7.87. The van der Waals surface area contributed by atoms with E-state index in [4.69, 9.17) is 43.0 Å². The second-order valence-electron chi connectivity index (χ2n) is 13.5. The third kappa shape index (κ3) is 11.9. The van der Waals surface area contributed by atoms with Gasteiger partial charge in [-0.2, -0.15) is 0 Å². The second-order valence-corrected chi connectivity index (χ2v) is 16.1. The molecule has 306 valence electrons. The Morgan fingerprint density at radius 2 is 1.42 bits per heavy atom. The first kappa shape index (κ1) is 48.4. The quantitative estimate of drug-likeness (QED) is 0.127. The lowest BCUT2D eigenvalue weighted by molar-refractivity contribution is 0.0150. The van der Waals surface area contributed by atoms with E-state index in [9.17, 15) is 9.18 Å². The van der Waals surface area contributed by atoms with E-state index >= 15 is 0 Å². The number of para-hydroxylation sites is 2. The van der Waals surface area contributed by atoms with Gasteiger partial charge in [-0.1, -0.05) is 59.1 Å². The van der Waals surface area contributed by atoms with E-state index in [1.807, 2.05) is 63.2 Å². The molecule has 8 rings (SSSR count). The maximum Gasteiger partial charge on any atom is 0.408 e. The van der Waals surface area contributed by atoms with E-state index in [1.54, 1.807) is 0 Å². The van der Waals surface area contributed by atoms with Crippen molar-refractivity contribution in [2.24, 2.45) is 5.73 Å². The number of nitrogens with zero attached hydrogens (tertiary/aromatic N) is 5. The number of nitrogens with one attached hydrogen (secondary N) is 2. The van der Waals surface area contributed by atoms with Crippen LogP contribution in [0, 0.1) is 0 Å². The third-order valence-electron chi connectivity index (χ3n) is 9.04. The minimum Gasteiger partial charge on any atom is -0.485 e. The van der Waals surface area contributed by atoms with Crippen molar-refractivity contribution in [2.45, 2.75) is 75.3 Å². The Balaban J connectivity index is 0.000000324. The number of nitrogens with two attached hydrogens (primary N) is 3. The number of alkyl halides is 1. The smallest absolute Gasteiger partial charge is 0.408 e. The van der Waals surface area contributed by atoms with Crippen LogP contribution in [0.3, 0.4) is 0 Å². The molecule has 0 bridgehead atoms. The van der Waals surface area contributed by atoms with Crippen LogP contribution in [0.4, 0.5) is 24.6 Å². The monoisotopic (exact) mass is 976 g/mol. The van der Waals surface area contributed by atoms with Crippen LogP contribution >= 0.6 is 83.1 Å². The van der Waals surface area contributed by atoms with Gasteiger partial charge in [0.1, 0.15) is 34.3 Å². The summed E-state index contributed by atoms with van der Waals surface area (Å²) in [5.41, 5.74) is 18.1. The minimum absolute atomic E-state index is 0. The minimum atomic E-state index is -0.558. The van der Waals surface area contributed by atoms with Gasteiger partial charge in [-0.05, 0) is 57.6 Å². The number of fused-ring (bicyclic) bond motifs is 2. The highest BCUT2D eigenvalue weighted by Crippen LogP contribution is 2.49. The highest BCUT2D eigenvalue weighted by Gasteiger charge is 2.51. The molecular weight excluding hydrogens is 929 g/mol. The number of benzene rings is 2. The van der Waals surface area contributed by atoms with Crippen LogP contribution in [0.15, 0.2) is 48.5 Å². The van der Waals surface area contributed by atoms with Crippen molar-refractivity contribution in [1.82, 2.24) is 31.0 Å². The molecule has 4 aliphatic rings. The molecule has 2 aromatic carbocycles. The molecule has 0 saturated carbocycles. The molecular formula is C34H49Cl3FIN10O4S2. The first-order valence-corrected chi connectivity index (χ1v) is 18.9. The molecule has 1 amide bonds. The summed E-state index contributed by atoms with van der Waals surface area (Å²) in [7, 11) is 0.500. The number of hydrogen-bond acceptors (Lipinski definition) is 15. The predicted octanol–water partition coefficient (Wildman–Crippen LogP) is 7.14. The molecule has 55 heavy (non-hydrogen) atoms. The lowest BCUT2D eigenvalue weighted by atomic mass is 9.82. The summed E-state index contributed by atoms with van der Waals surface area (Å²) in [4.78, 5) is 14.7. The predicted molar refractivity (Wildman–Crippen MR) is 233 cm³/mol. The average molecular weight is 978 g/mol.